The summed E-state index contributed by atoms with van der Waals surface area (Å²) in [7, 11) is 0. The molecule has 0 aromatic carbocycles. The van der Waals surface area contributed by atoms with Gasteiger partial charge in [0.15, 0.2) is 0 Å². The van der Waals surface area contributed by atoms with Crippen molar-refractivity contribution in [1.29, 1.82) is 0 Å². The van der Waals surface area contributed by atoms with Gasteiger partial charge < -0.3 is 15.6 Å². The standard InChI is InChI=1S/C12H27NO2/c1-5-12(14,9-13)7-6-8-15-11(4)10(2)3/h10-11,14H,5-9,13H2,1-4H3. The first kappa shape index (κ1) is 14.9. The van der Waals surface area contributed by atoms with E-state index in [4.69, 9.17) is 10.5 Å². The lowest BCUT2D eigenvalue weighted by molar-refractivity contribution is 0.00232. The second kappa shape index (κ2) is 7.20. The van der Waals surface area contributed by atoms with E-state index >= 15 is 0 Å². The monoisotopic (exact) mass is 217 g/mol. The molecule has 0 bridgehead atoms. The first-order valence-electron chi connectivity index (χ1n) is 5.99. The summed E-state index contributed by atoms with van der Waals surface area (Å²) in [5, 5.41) is 9.92. The molecule has 0 amide bonds. The largest absolute Gasteiger partial charge is 0.389 e. The Morgan fingerprint density at radius 1 is 1.33 bits per heavy atom. The van der Waals surface area contributed by atoms with E-state index in [9.17, 15) is 5.11 Å². The first-order valence-corrected chi connectivity index (χ1v) is 5.99. The van der Waals surface area contributed by atoms with Crippen molar-refractivity contribution in [3.05, 3.63) is 0 Å². The SMILES string of the molecule is CCC(O)(CN)CCCOC(C)C(C)C. The lowest BCUT2D eigenvalue weighted by atomic mass is 9.95. The van der Waals surface area contributed by atoms with Crippen LogP contribution in [0.3, 0.4) is 0 Å². The van der Waals surface area contributed by atoms with Gasteiger partial charge in [-0.3, -0.25) is 0 Å². The predicted octanol–water partition coefficient (Wildman–Crippen LogP) is 1.93. The number of hydrogen-bond acceptors (Lipinski definition) is 3. The molecule has 0 rings (SSSR count). The molecular formula is C12H27NO2. The van der Waals surface area contributed by atoms with Crippen LogP contribution in [-0.4, -0.2) is 30.0 Å². The molecule has 0 saturated heterocycles. The molecule has 2 unspecified atom stereocenters. The zero-order valence-electron chi connectivity index (χ0n) is 10.6. The maximum absolute atomic E-state index is 9.92. The summed E-state index contributed by atoms with van der Waals surface area (Å²) < 4.78 is 5.64. The highest BCUT2D eigenvalue weighted by Crippen LogP contribution is 2.16. The fourth-order valence-electron chi connectivity index (χ4n) is 1.29. The minimum absolute atomic E-state index is 0.289. The Labute approximate surface area is 94.0 Å². The summed E-state index contributed by atoms with van der Waals surface area (Å²) >= 11 is 0. The number of hydrogen-bond donors (Lipinski definition) is 2. The van der Waals surface area contributed by atoms with Crippen LogP contribution in [0.15, 0.2) is 0 Å². The second-order valence-electron chi connectivity index (χ2n) is 4.71. The molecule has 0 heterocycles. The Morgan fingerprint density at radius 3 is 2.33 bits per heavy atom. The normalized spacial score (nSPS) is 17.8. The predicted molar refractivity (Wildman–Crippen MR) is 63.8 cm³/mol. The summed E-state index contributed by atoms with van der Waals surface area (Å²) in [4.78, 5) is 0. The van der Waals surface area contributed by atoms with Crippen molar-refractivity contribution in [3.8, 4) is 0 Å². The summed E-state index contributed by atoms with van der Waals surface area (Å²) in [5.41, 5.74) is 4.83. The van der Waals surface area contributed by atoms with Crippen molar-refractivity contribution in [3.63, 3.8) is 0 Å². The van der Waals surface area contributed by atoms with E-state index in [0.717, 1.165) is 12.8 Å². The molecule has 0 aliphatic carbocycles. The Morgan fingerprint density at radius 2 is 1.93 bits per heavy atom. The molecule has 2 atom stereocenters. The Kier molecular flexibility index (Phi) is 7.14. The molecule has 3 heteroatoms. The zero-order valence-corrected chi connectivity index (χ0v) is 10.6. The maximum atomic E-state index is 9.92. The molecule has 0 aromatic rings. The molecule has 15 heavy (non-hydrogen) atoms. The molecule has 3 nitrogen and oxygen atoms in total. The van der Waals surface area contributed by atoms with Crippen LogP contribution >= 0.6 is 0 Å². The molecule has 0 aliphatic heterocycles. The Hall–Kier alpha value is -0.120. The van der Waals surface area contributed by atoms with Gasteiger partial charge in [0.05, 0.1) is 11.7 Å². The molecule has 0 saturated carbocycles. The van der Waals surface area contributed by atoms with E-state index in [0.29, 0.717) is 25.5 Å². The topological polar surface area (TPSA) is 55.5 Å². The van der Waals surface area contributed by atoms with Gasteiger partial charge >= 0.3 is 0 Å². The fraction of sp³-hybridized carbons (Fsp3) is 1.00. The van der Waals surface area contributed by atoms with Crippen molar-refractivity contribution in [2.75, 3.05) is 13.2 Å². The lowest BCUT2D eigenvalue weighted by Crippen LogP contribution is -2.37. The van der Waals surface area contributed by atoms with E-state index in [1.54, 1.807) is 0 Å². The third kappa shape index (κ3) is 6.13. The number of ether oxygens (including phenoxy) is 1. The van der Waals surface area contributed by atoms with E-state index in [-0.39, 0.29) is 6.10 Å². The first-order chi connectivity index (χ1) is 6.95. The average molecular weight is 217 g/mol. The van der Waals surface area contributed by atoms with Crippen LogP contribution in [-0.2, 0) is 4.74 Å². The highest BCUT2D eigenvalue weighted by atomic mass is 16.5. The lowest BCUT2D eigenvalue weighted by Gasteiger charge is -2.25. The molecule has 0 fully saturated rings. The highest BCUT2D eigenvalue weighted by molar-refractivity contribution is 4.77. The Bertz CT molecular complexity index is 156. The summed E-state index contributed by atoms with van der Waals surface area (Å²) in [5.74, 6) is 0.546. The van der Waals surface area contributed by atoms with Crippen LogP contribution in [0.1, 0.15) is 47.0 Å². The van der Waals surface area contributed by atoms with E-state index in [1.165, 1.54) is 0 Å². The van der Waals surface area contributed by atoms with Gasteiger partial charge in [-0.25, -0.2) is 0 Å². The van der Waals surface area contributed by atoms with Gasteiger partial charge in [-0.1, -0.05) is 20.8 Å². The van der Waals surface area contributed by atoms with Crippen LogP contribution in [0, 0.1) is 5.92 Å². The van der Waals surface area contributed by atoms with Gasteiger partial charge in [-0.15, -0.1) is 0 Å². The summed E-state index contributed by atoms with van der Waals surface area (Å²) in [6.45, 7) is 9.38. The van der Waals surface area contributed by atoms with Gasteiger partial charge in [0.1, 0.15) is 0 Å². The minimum Gasteiger partial charge on any atom is -0.389 e. The van der Waals surface area contributed by atoms with Crippen LogP contribution in [0.25, 0.3) is 0 Å². The van der Waals surface area contributed by atoms with Crippen LogP contribution < -0.4 is 5.73 Å². The van der Waals surface area contributed by atoms with Crippen LogP contribution in [0.4, 0.5) is 0 Å². The van der Waals surface area contributed by atoms with Crippen molar-refractivity contribution in [2.45, 2.75) is 58.7 Å². The smallest absolute Gasteiger partial charge is 0.0767 e. The van der Waals surface area contributed by atoms with Gasteiger partial charge in [0.25, 0.3) is 0 Å². The third-order valence-corrected chi connectivity index (χ3v) is 3.14. The molecule has 0 aromatic heterocycles. The number of rotatable bonds is 8. The van der Waals surface area contributed by atoms with Crippen LogP contribution in [0.5, 0.6) is 0 Å². The second-order valence-corrected chi connectivity index (χ2v) is 4.71. The number of aliphatic hydroxyl groups is 1. The third-order valence-electron chi connectivity index (χ3n) is 3.14. The van der Waals surface area contributed by atoms with Crippen molar-refractivity contribution in [1.82, 2.24) is 0 Å². The minimum atomic E-state index is -0.690. The fourth-order valence-corrected chi connectivity index (χ4v) is 1.29. The van der Waals surface area contributed by atoms with Gasteiger partial charge in [0, 0.05) is 13.2 Å². The van der Waals surface area contributed by atoms with E-state index < -0.39 is 5.60 Å². The summed E-state index contributed by atoms with van der Waals surface area (Å²) in [6.07, 6.45) is 2.60. The summed E-state index contributed by atoms with van der Waals surface area (Å²) in [6, 6.07) is 0. The van der Waals surface area contributed by atoms with E-state index in [1.807, 2.05) is 6.92 Å². The molecule has 0 radical (unpaired) electrons. The highest BCUT2D eigenvalue weighted by Gasteiger charge is 2.21. The Balaban J connectivity index is 3.62. The van der Waals surface area contributed by atoms with Gasteiger partial charge in [-0.2, -0.15) is 0 Å². The average Bonchev–Trinajstić information content (AvgIpc) is 2.23. The maximum Gasteiger partial charge on any atom is 0.0767 e. The number of nitrogens with two attached hydrogens (primary N) is 1. The van der Waals surface area contributed by atoms with Crippen molar-refractivity contribution in [2.24, 2.45) is 11.7 Å². The van der Waals surface area contributed by atoms with Crippen LogP contribution in [0.2, 0.25) is 0 Å². The molecular weight excluding hydrogens is 190 g/mol. The van der Waals surface area contributed by atoms with Crippen molar-refractivity contribution >= 4 is 0 Å². The van der Waals surface area contributed by atoms with Crippen molar-refractivity contribution < 1.29 is 9.84 Å². The zero-order chi connectivity index (χ0) is 11.9. The van der Waals surface area contributed by atoms with E-state index in [2.05, 4.69) is 20.8 Å². The van der Waals surface area contributed by atoms with Gasteiger partial charge in [0.2, 0.25) is 0 Å². The van der Waals surface area contributed by atoms with Gasteiger partial charge in [-0.05, 0) is 32.1 Å². The molecule has 3 N–H and O–H groups in total. The molecule has 0 aliphatic rings. The molecule has 92 valence electrons. The quantitative estimate of drug-likeness (QED) is 0.611. The molecule has 0 spiro atoms.